The maximum atomic E-state index is 9.49. The molecule has 9 rings (SSSR count). The third kappa shape index (κ3) is 4.47. The van der Waals surface area contributed by atoms with Crippen molar-refractivity contribution in [2.24, 2.45) is 0 Å². The zero-order chi connectivity index (χ0) is 41.9. The van der Waals surface area contributed by atoms with Crippen LogP contribution >= 0.6 is 0 Å². The molecule has 0 radical (unpaired) electrons. The Morgan fingerprint density at radius 3 is 1.68 bits per heavy atom. The van der Waals surface area contributed by atoms with Crippen molar-refractivity contribution in [2.45, 2.75) is 110 Å². The van der Waals surface area contributed by atoms with Crippen LogP contribution in [0, 0.1) is 6.92 Å². The van der Waals surface area contributed by atoms with Gasteiger partial charge in [-0.05, 0) is 147 Å². The van der Waals surface area contributed by atoms with Crippen LogP contribution in [0.4, 0.5) is 34.1 Å². The summed E-state index contributed by atoms with van der Waals surface area (Å²) in [6.07, 6.45) is 4.24. The van der Waals surface area contributed by atoms with Crippen molar-refractivity contribution in [2.75, 3.05) is 9.80 Å². The Hall–Kier alpha value is -4.24. The lowest BCUT2D eigenvalue weighted by atomic mass is 9.33. The van der Waals surface area contributed by atoms with E-state index in [0.29, 0.717) is 11.2 Å². The third-order valence-corrected chi connectivity index (χ3v) is 12.7. The van der Waals surface area contributed by atoms with Crippen molar-refractivity contribution < 1.29 is 11.0 Å². The number of hydrogen-bond donors (Lipinski definition) is 0. The van der Waals surface area contributed by atoms with Gasteiger partial charge in [-0.3, -0.25) is 0 Å². The van der Waals surface area contributed by atoms with Crippen LogP contribution in [0.1, 0.15) is 120 Å². The minimum absolute atomic E-state index is 0.0260. The number of aryl methyl sites for hydroxylation is 1. The summed E-state index contributed by atoms with van der Waals surface area (Å²) in [6, 6.07) is 14.7. The first-order valence-corrected chi connectivity index (χ1v) is 18.2. The summed E-state index contributed by atoms with van der Waals surface area (Å²) in [4.78, 5) is 4.01. The molecule has 2 nitrogen and oxygen atoms in total. The fraction of sp³-hybridized carbons (Fsp3) is 0.362. The van der Waals surface area contributed by atoms with Crippen molar-refractivity contribution in [3.05, 3.63) is 125 Å². The molecule has 252 valence electrons. The molecule has 2 aliphatic heterocycles. The SMILES string of the molecule is [2H]c1cc2c(c([2H])c1[2H])N(c1c([2H])c([2H])c([2H])c([2H])c1[2H])c1cc(C)cc3c1B2c1cc2c(cc1N3c1ccc3c(c1)C(C)(C)CCC3(C)C)C(C)(C)CCC2(C)C. The van der Waals surface area contributed by atoms with E-state index in [9.17, 15) is 4.11 Å². The monoisotopic (exact) mass is 662 g/mol. The molecule has 2 heterocycles. The Morgan fingerprint density at radius 1 is 0.500 bits per heavy atom. The number of para-hydroxylation sites is 2. The van der Waals surface area contributed by atoms with E-state index in [-0.39, 0.29) is 51.2 Å². The van der Waals surface area contributed by atoms with Crippen LogP contribution in [0.5, 0.6) is 0 Å². The predicted molar refractivity (Wildman–Crippen MR) is 216 cm³/mol. The molecule has 0 amide bonds. The molecule has 50 heavy (non-hydrogen) atoms. The molecule has 0 bridgehead atoms. The number of nitrogens with zero attached hydrogens (tertiary/aromatic N) is 2. The molecule has 4 aliphatic rings. The largest absolute Gasteiger partial charge is 0.311 e. The van der Waals surface area contributed by atoms with Gasteiger partial charge in [0.25, 0.3) is 6.71 Å². The molecular weight excluding hydrogens is 603 g/mol. The van der Waals surface area contributed by atoms with E-state index >= 15 is 0 Å². The minimum atomic E-state index is -0.497. The summed E-state index contributed by atoms with van der Waals surface area (Å²) in [5.41, 5.74) is 12.2. The summed E-state index contributed by atoms with van der Waals surface area (Å²) in [7, 11) is 0. The Morgan fingerprint density at radius 2 is 1.04 bits per heavy atom. The average Bonchev–Trinajstić information content (AvgIpc) is 3.16. The topological polar surface area (TPSA) is 6.48 Å². The van der Waals surface area contributed by atoms with Gasteiger partial charge in [0.1, 0.15) is 0 Å². The summed E-state index contributed by atoms with van der Waals surface area (Å²) in [5.74, 6) is 0. The van der Waals surface area contributed by atoms with Gasteiger partial charge in [-0.25, -0.2) is 0 Å². The van der Waals surface area contributed by atoms with Crippen LogP contribution in [0.3, 0.4) is 0 Å². The van der Waals surface area contributed by atoms with Crippen molar-refractivity contribution in [1.29, 1.82) is 0 Å². The molecule has 0 unspecified atom stereocenters. The van der Waals surface area contributed by atoms with Gasteiger partial charge in [0.15, 0.2) is 0 Å². The van der Waals surface area contributed by atoms with Crippen molar-refractivity contribution in [3.63, 3.8) is 0 Å². The van der Waals surface area contributed by atoms with Crippen molar-refractivity contribution in [3.8, 4) is 0 Å². The van der Waals surface area contributed by atoms with E-state index in [1.807, 2.05) is 13.0 Å². The lowest BCUT2D eigenvalue weighted by Gasteiger charge is -2.48. The molecular formula is C47H51BN2. The van der Waals surface area contributed by atoms with Gasteiger partial charge in [0, 0.05) is 34.1 Å². The predicted octanol–water partition coefficient (Wildman–Crippen LogP) is 10.8. The highest BCUT2D eigenvalue weighted by Gasteiger charge is 2.47. The quantitative estimate of drug-likeness (QED) is 0.170. The minimum Gasteiger partial charge on any atom is -0.311 e. The Balaban J connectivity index is 1.45. The fourth-order valence-electron chi connectivity index (χ4n) is 9.53. The molecule has 0 aromatic heterocycles. The number of anilines is 6. The molecule has 0 spiro atoms. The van der Waals surface area contributed by atoms with Gasteiger partial charge in [0.2, 0.25) is 0 Å². The van der Waals surface area contributed by atoms with Gasteiger partial charge >= 0.3 is 0 Å². The highest BCUT2D eigenvalue weighted by Crippen LogP contribution is 2.52. The summed E-state index contributed by atoms with van der Waals surface area (Å²) in [5, 5.41) is 0. The van der Waals surface area contributed by atoms with Crippen molar-refractivity contribution >= 4 is 57.2 Å². The van der Waals surface area contributed by atoms with Crippen LogP contribution in [-0.2, 0) is 21.7 Å². The normalized spacial score (nSPS) is 22.1. The van der Waals surface area contributed by atoms with E-state index in [2.05, 4.69) is 96.7 Å². The van der Waals surface area contributed by atoms with E-state index in [1.165, 1.54) is 22.3 Å². The van der Waals surface area contributed by atoms with Crippen LogP contribution in [0.25, 0.3) is 0 Å². The van der Waals surface area contributed by atoms with Gasteiger partial charge in [-0.1, -0.05) is 104 Å². The number of hydrogen-bond acceptors (Lipinski definition) is 2. The van der Waals surface area contributed by atoms with Gasteiger partial charge < -0.3 is 9.80 Å². The van der Waals surface area contributed by atoms with Gasteiger partial charge in [-0.15, -0.1) is 0 Å². The lowest BCUT2D eigenvalue weighted by Crippen LogP contribution is -2.61. The smallest absolute Gasteiger partial charge is 0.252 e. The standard InChI is InChI=1S/C47H51BN2/c1-30-25-41-43-42(26-30)50(32-19-20-33-34(27-32)45(4,5)22-21-44(33,2)3)40-29-36-35(46(6,7)23-24-47(36,8)9)28-38(40)48(43)37-17-13-14-18-39(37)49(41)31-15-11-10-12-16-31/h10-20,25-29H,21-24H2,1-9H3/i10D,11D,12D,13D,14D,15D,16D,18D. The maximum absolute atomic E-state index is 9.49. The third-order valence-electron chi connectivity index (χ3n) is 12.7. The second-order valence-electron chi connectivity index (χ2n) is 17.9. The summed E-state index contributed by atoms with van der Waals surface area (Å²) >= 11 is 0. The first-order valence-electron chi connectivity index (χ1n) is 22.2. The first kappa shape index (κ1) is 24.0. The van der Waals surface area contributed by atoms with Gasteiger partial charge in [-0.2, -0.15) is 0 Å². The van der Waals surface area contributed by atoms with Crippen LogP contribution < -0.4 is 26.2 Å². The zero-order valence-electron chi connectivity index (χ0n) is 38.9. The summed E-state index contributed by atoms with van der Waals surface area (Å²) < 4.78 is 71.6. The second-order valence-corrected chi connectivity index (χ2v) is 17.9. The van der Waals surface area contributed by atoms with Crippen molar-refractivity contribution in [1.82, 2.24) is 0 Å². The van der Waals surface area contributed by atoms with Crippen LogP contribution in [0.15, 0.2) is 96.9 Å². The molecule has 5 aromatic rings. The number of rotatable bonds is 2. The average molecular weight is 663 g/mol. The molecule has 3 heteroatoms. The second kappa shape index (κ2) is 10.4. The molecule has 0 fully saturated rings. The number of benzene rings is 5. The maximum Gasteiger partial charge on any atom is 0.252 e. The Bertz CT molecular complexity index is 2630. The molecule has 0 saturated heterocycles. The Kier molecular flexibility index (Phi) is 5.00. The number of fused-ring (bicyclic) bond motifs is 6. The van der Waals surface area contributed by atoms with E-state index in [1.54, 1.807) is 11.0 Å². The first-order chi connectivity index (χ1) is 27.0. The van der Waals surface area contributed by atoms with Gasteiger partial charge in [0.05, 0.1) is 11.0 Å². The zero-order valence-corrected chi connectivity index (χ0v) is 30.9. The van der Waals surface area contributed by atoms with E-state index < -0.39 is 36.9 Å². The highest BCUT2D eigenvalue weighted by molar-refractivity contribution is 7.00. The van der Waals surface area contributed by atoms with Crippen LogP contribution in [0.2, 0.25) is 0 Å². The lowest BCUT2D eigenvalue weighted by molar-refractivity contribution is 0.332. The molecule has 5 aromatic carbocycles. The van der Waals surface area contributed by atoms with E-state index in [0.717, 1.165) is 59.2 Å². The summed E-state index contributed by atoms with van der Waals surface area (Å²) in [6.45, 7) is 20.2. The molecule has 0 atom stereocenters. The molecule has 0 N–H and O–H groups in total. The fourth-order valence-corrected chi connectivity index (χ4v) is 9.53. The van der Waals surface area contributed by atoms with E-state index in [4.69, 9.17) is 6.85 Å². The molecule has 0 saturated carbocycles. The Labute approximate surface area is 311 Å². The molecule has 2 aliphatic carbocycles. The highest BCUT2D eigenvalue weighted by atomic mass is 15.2. The van der Waals surface area contributed by atoms with Crippen LogP contribution in [-0.4, -0.2) is 6.71 Å².